The third-order valence-electron chi connectivity index (χ3n) is 5.87. The van der Waals surface area contributed by atoms with Crippen molar-refractivity contribution in [1.29, 1.82) is 0 Å². The monoisotopic (exact) mass is 536 g/mol. The highest BCUT2D eigenvalue weighted by Crippen LogP contribution is 2.32. The first-order valence-electron chi connectivity index (χ1n) is 12.5. The molecule has 0 saturated carbocycles. The Bertz CT molecular complexity index is 1530. The van der Waals surface area contributed by atoms with Gasteiger partial charge in [0, 0.05) is 0 Å². The van der Waals surface area contributed by atoms with Gasteiger partial charge in [0.15, 0.2) is 16.3 Å². The lowest BCUT2D eigenvalue weighted by Crippen LogP contribution is -2.39. The van der Waals surface area contributed by atoms with Gasteiger partial charge in [-0.15, -0.1) is 0 Å². The van der Waals surface area contributed by atoms with Gasteiger partial charge in [0.2, 0.25) is 0 Å². The number of methoxy groups -OCH3 is 1. The summed E-state index contributed by atoms with van der Waals surface area (Å²) < 4.78 is 24.3. The van der Waals surface area contributed by atoms with Crippen molar-refractivity contribution in [2.75, 3.05) is 20.3 Å². The molecule has 38 heavy (non-hydrogen) atoms. The molecule has 1 aromatic heterocycles. The van der Waals surface area contributed by atoms with E-state index in [0.717, 1.165) is 11.1 Å². The van der Waals surface area contributed by atoms with Gasteiger partial charge >= 0.3 is 5.97 Å². The molecule has 1 aliphatic rings. The van der Waals surface area contributed by atoms with E-state index in [1.54, 1.807) is 37.7 Å². The van der Waals surface area contributed by atoms with E-state index < -0.39 is 12.0 Å². The number of ether oxygens (including phenoxy) is 4. The zero-order valence-electron chi connectivity index (χ0n) is 22.4. The van der Waals surface area contributed by atoms with Crippen molar-refractivity contribution >= 4 is 23.4 Å². The molecule has 0 amide bonds. The summed E-state index contributed by atoms with van der Waals surface area (Å²) in [5.74, 6) is 1.43. The van der Waals surface area contributed by atoms with Crippen LogP contribution in [0.1, 0.15) is 51.8 Å². The number of esters is 1. The van der Waals surface area contributed by atoms with E-state index in [9.17, 15) is 9.59 Å². The van der Waals surface area contributed by atoms with E-state index in [2.05, 4.69) is 4.99 Å². The Balaban J connectivity index is 1.87. The van der Waals surface area contributed by atoms with Crippen LogP contribution in [-0.4, -0.2) is 37.0 Å². The zero-order chi connectivity index (χ0) is 27.4. The molecule has 1 aliphatic heterocycles. The van der Waals surface area contributed by atoms with Crippen LogP contribution in [0.3, 0.4) is 0 Å². The molecule has 0 saturated heterocycles. The van der Waals surface area contributed by atoms with Crippen LogP contribution in [0.25, 0.3) is 6.08 Å². The minimum absolute atomic E-state index is 0.0250. The Morgan fingerprint density at radius 2 is 1.84 bits per heavy atom. The molecule has 1 atom stereocenters. The summed E-state index contributed by atoms with van der Waals surface area (Å²) in [7, 11) is 1.58. The molecule has 0 fully saturated rings. The maximum Gasteiger partial charge on any atom is 0.338 e. The quantitative estimate of drug-likeness (QED) is 0.384. The highest BCUT2D eigenvalue weighted by atomic mass is 32.1. The van der Waals surface area contributed by atoms with Crippen LogP contribution >= 0.6 is 11.3 Å². The number of carbonyl (C=O) groups is 1. The Labute approximate surface area is 225 Å². The number of allylic oxidation sites excluding steroid dienone is 1. The number of aromatic nitrogens is 1. The number of hydrogen-bond acceptors (Lipinski definition) is 8. The summed E-state index contributed by atoms with van der Waals surface area (Å²) in [6.07, 6.45) is 1.82. The predicted octanol–water partition coefficient (Wildman–Crippen LogP) is 3.99. The Hall–Kier alpha value is -3.85. The average Bonchev–Trinajstić information content (AvgIpc) is 3.18. The van der Waals surface area contributed by atoms with Crippen LogP contribution in [-0.2, 0) is 9.53 Å². The molecule has 4 rings (SSSR count). The summed E-state index contributed by atoms with van der Waals surface area (Å²) in [5.41, 5.74) is 2.16. The fourth-order valence-electron chi connectivity index (χ4n) is 4.31. The molecule has 2 heterocycles. The minimum atomic E-state index is -0.685. The lowest BCUT2D eigenvalue weighted by molar-refractivity contribution is -0.139. The number of hydrogen-bond donors (Lipinski definition) is 0. The van der Waals surface area contributed by atoms with Crippen molar-refractivity contribution in [1.82, 2.24) is 4.57 Å². The van der Waals surface area contributed by atoms with Crippen molar-refractivity contribution in [3.05, 3.63) is 84.5 Å². The van der Waals surface area contributed by atoms with Crippen LogP contribution in [0.2, 0.25) is 0 Å². The van der Waals surface area contributed by atoms with Gasteiger partial charge < -0.3 is 18.9 Å². The van der Waals surface area contributed by atoms with E-state index >= 15 is 0 Å². The molecular formula is C29H32N2O6S. The highest BCUT2D eigenvalue weighted by molar-refractivity contribution is 7.07. The second-order valence-corrected chi connectivity index (χ2v) is 9.89. The number of rotatable bonds is 9. The maximum atomic E-state index is 13.8. The summed E-state index contributed by atoms with van der Waals surface area (Å²) in [6.45, 7) is 10.0. The Kier molecular flexibility index (Phi) is 8.36. The van der Waals surface area contributed by atoms with Crippen LogP contribution in [0.4, 0.5) is 0 Å². The second-order valence-electron chi connectivity index (χ2n) is 8.88. The second kappa shape index (κ2) is 11.7. The van der Waals surface area contributed by atoms with Crippen molar-refractivity contribution in [2.24, 2.45) is 4.99 Å². The third-order valence-corrected chi connectivity index (χ3v) is 6.85. The van der Waals surface area contributed by atoms with Crippen LogP contribution in [0.15, 0.2) is 63.5 Å². The van der Waals surface area contributed by atoms with E-state index in [-0.39, 0.29) is 18.3 Å². The number of nitrogens with zero attached hydrogens (tertiary/aromatic N) is 2. The number of thiazole rings is 1. The highest BCUT2D eigenvalue weighted by Gasteiger charge is 2.33. The van der Waals surface area contributed by atoms with Crippen LogP contribution in [0.5, 0.6) is 17.2 Å². The molecule has 9 heteroatoms. The number of benzene rings is 2. The van der Waals surface area contributed by atoms with E-state index in [1.807, 2.05) is 57.2 Å². The molecule has 0 bridgehead atoms. The molecule has 200 valence electrons. The Morgan fingerprint density at radius 1 is 1.11 bits per heavy atom. The first kappa shape index (κ1) is 27.2. The normalized spacial score (nSPS) is 15.2. The van der Waals surface area contributed by atoms with E-state index in [4.69, 9.17) is 18.9 Å². The van der Waals surface area contributed by atoms with Crippen LogP contribution < -0.4 is 29.1 Å². The zero-order valence-corrected chi connectivity index (χ0v) is 23.3. The molecule has 0 unspecified atom stereocenters. The summed E-state index contributed by atoms with van der Waals surface area (Å²) >= 11 is 1.27. The topological polar surface area (TPSA) is 88.4 Å². The first-order chi connectivity index (χ1) is 18.3. The summed E-state index contributed by atoms with van der Waals surface area (Å²) in [5, 5.41) is 0. The number of carbonyl (C=O) groups excluding carboxylic acids is 1. The van der Waals surface area contributed by atoms with Crippen molar-refractivity contribution in [3.8, 4) is 17.2 Å². The summed E-state index contributed by atoms with van der Waals surface area (Å²) in [6, 6.07) is 12.2. The van der Waals surface area contributed by atoms with Crippen molar-refractivity contribution in [3.63, 3.8) is 0 Å². The molecule has 0 aliphatic carbocycles. The van der Waals surface area contributed by atoms with Gasteiger partial charge in [-0.05, 0) is 76.1 Å². The molecule has 0 spiro atoms. The molecular weight excluding hydrogens is 504 g/mol. The molecule has 3 aromatic rings. The standard InChI is InChI=1S/C29H32N2O6S/c1-7-35-23-15-19(9-14-22(23)34-6)16-24-27(32)31-26(20-10-12-21(13-11-20)37-17(3)4)25(28(33)36-8-2)18(5)30-29(31)38-24/h9-17,26H,7-8H2,1-6H3/b24-16-/t26-/m1/s1. The SMILES string of the molecule is CCOC(=O)C1=C(C)N=c2s/c(=C\c3ccc(OC)c(OCC)c3)c(=O)n2[C@@H]1c1ccc(OC(C)C)cc1. The van der Waals surface area contributed by atoms with Gasteiger partial charge in [0.25, 0.3) is 5.56 Å². The van der Waals surface area contributed by atoms with Gasteiger partial charge in [0.1, 0.15) is 5.75 Å². The molecule has 8 nitrogen and oxygen atoms in total. The minimum Gasteiger partial charge on any atom is -0.493 e. The molecule has 0 radical (unpaired) electrons. The fourth-order valence-corrected chi connectivity index (χ4v) is 5.36. The fraction of sp³-hybridized carbons (Fsp3) is 0.345. The van der Waals surface area contributed by atoms with Gasteiger partial charge in [-0.3, -0.25) is 9.36 Å². The maximum absolute atomic E-state index is 13.8. The van der Waals surface area contributed by atoms with Gasteiger partial charge in [-0.25, -0.2) is 9.79 Å². The number of fused-ring (bicyclic) bond motifs is 1. The van der Waals surface area contributed by atoms with Crippen molar-refractivity contribution < 1.29 is 23.7 Å². The third kappa shape index (κ3) is 5.52. The van der Waals surface area contributed by atoms with Gasteiger partial charge in [0.05, 0.1) is 48.3 Å². The lowest BCUT2D eigenvalue weighted by atomic mass is 9.96. The van der Waals surface area contributed by atoms with Crippen LogP contribution in [0, 0.1) is 0 Å². The smallest absolute Gasteiger partial charge is 0.338 e. The molecule has 0 N–H and O–H groups in total. The lowest BCUT2D eigenvalue weighted by Gasteiger charge is -2.25. The predicted molar refractivity (Wildman–Crippen MR) is 147 cm³/mol. The summed E-state index contributed by atoms with van der Waals surface area (Å²) in [4.78, 5) is 32.0. The Morgan fingerprint density at radius 3 is 2.47 bits per heavy atom. The van der Waals surface area contributed by atoms with Crippen molar-refractivity contribution in [2.45, 2.75) is 46.8 Å². The largest absolute Gasteiger partial charge is 0.493 e. The first-order valence-corrected chi connectivity index (χ1v) is 13.4. The van der Waals surface area contributed by atoms with E-state index in [1.165, 1.54) is 11.3 Å². The molecule has 2 aromatic carbocycles. The van der Waals surface area contributed by atoms with E-state index in [0.29, 0.717) is 44.5 Å². The van der Waals surface area contributed by atoms with Gasteiger partial charge in [-0.2, -0.15) is 0 Å². The average molecular weight is 537 g/mol. The van der Waals surface area contributed by atoms with Gasteiger partial charge in [-0.1, -0.05) is 29.5 Å².